The zero-order valence-electron chi connectivity index (χ0n) is 14.5. The van der Waals surface area contributed by atoms with Crippen LogP contribution in [0.1, 0.15) is 15.9 Å². The van der Waals surface area contributed by atoms with E-state index in [-0.39, 0.29) is 19.1 Å². The number of nitrogens with one attached hydrogen (secondary N) is 1. The lowest BCUT2D eigenvalue weighted by Crippen LogP contribution is -2.24. The van der Waals surface area contributed by atoms with E-state index in [4.69, 9.17) is 21.1 Å². The van der Waals surface area contributed by atoms with Crippen molar-refractivity contribution in [2.75, 3.05) is 20.3 Å². The summed E-state index contributed by atoms with van der Waals surface area (Å²) in [5.74, 6) is 6.69. The molecule has 0 aliphatic carbocycles. The Morgan fingerprint density at radius 2 is 2.04 bits per heavy atom. The van der Waals surface area contributed by atoms with E-state index in [1.165, 1.54) is 7.11 Å². The van der Waals surface area contributed by atoms with Crippen LogP contribution in [0.3, 0.4) is 0 Å². The first-order chi connectivity index (χ1) is 12.7. The van der Waals surface area contributed by atoms with Crippen molar-refractivity contribution < 1.29 is 14.3 Å². The van der Waals surface area contributed by atoms with Crippen LogP contribution in [0.15, 0.2) is 55.1 Å². The molecule has 0 fully saturated rings. The van der Waals surface area contributed by atoms with Gasteiger partial charge in [-0.1, -0.05) is 47.7 Å². The van der Waals surface area contributed by atoms with Crippen molar-refractivity contribution in [3.63, 3.8) is 0 Å². The Labute approximate surface area is 158 Å². The zero-order valence-corrected chi connectivity index (χ0v) is 15.3. The third-order valence-electron chi connectivity index (χ3n) is 3.51. The summed E-state index contributed by atoms with van der Waals surface area (Å²) in [7, 11) is 1.50. The molecule has 1 N–H and O–H groups in total. The third-order valence-corrected chi connectivity index (χ3v) is 3.74. The maximum Gasteiger partial charge on any atom is 0.255 e. The second kappa shape index (κ2) is 10.2. The number of ether oxygens (including phenoxy) is 2. The molecule has 26 heavy (non-hydrogen) atoms. The minimum absolute atomic E-state index is 0.201. The summed E-state index contributed by atoms with van der Waals surface area (Å²) in [4.78, 5) is 12.2. The van der Waals surface area contributed by atoms with Crippen molar-refractivity contribution in [1.29, 1.82) is 0 Å². The Morgan fingerprint density at radius 3 is 2.81 bits per heavy atom. The van der Waals surface area contributed by atoms with Crippen molar-refractivity contribution in [2.24, 2.45) is 0 Å². The third kappa shape index (κ3) is 5.58. The Balaban J connectivity index is 1.85. The molecular formula is C21H20ClNO3. The van der Waals surface area contributed by atoms with Gasteiger partial charge in [-0.2, -0.15) is 0 Å². The molecular weight excluding hydrogens is 350 g/mol. The first-order valence-electron chi connectivity index (χ1n) is 8.04. The number of allylic oxidation sites excluding steroid dienone is 1. The number of hydrogen-bond acceptors (Lipinski definition) is 3. The lowest BCUT2D eigenvalue weighted by Gasteiger charge is -2.08. The van der Waals surface area contributed by atoms with Gasteiger partial charge in [0.2, 0.25) is 0 Å². The smallest absolute Gasteiger partial charge is 0.255 e. The number of hydrogen-bond donors (Lipinski definition) is 1. The number of carbonyl (C=O) groups is 1. The molecule has 0 aliphatic rings. The number of para-hydroxylation sites is 1. The van der Waals surface area contributed by atoms with Crippen molar-refractivity contribution >= 4 is 17.5 Å². The van der Waals surface area contributed by atoms with Crippen LogP contribution < -0.4 is 14.8 Å². The molecule has 0 spiro atoms. The quantitative estimate of drug-likeness (QED) is 0.595. The second-order valence-electron chi connectivity index (χ2n) is 5.27. The number of halogens is 1. The maximum atomic E-state index is 12.2. The highest BCUT2D eigenvalue weighted by Crippen LogP contribution is 2.22. The first-order valence-corrected chi connectivity index (χ1v) is 8.42. The van der Waals surface area contributed by atoms with Gasteiger partial charge in [0.25, 0.3) is 5.91 Å². The van der Waals surface area contributed by atoms with Crippen LogP contribution in [-0.2, 0) is 6.42 Å². The Bertz CT molecular complexity index is 837. The average molecular weight is 370 g/mol. The van der Waals surface area contributed by atoms with Crippen LogP contribution in [0.2, 0.25) is 5.02 Å². The second-order valence-corrected chi connectivity index (χ2v) is 5.71. The van der Waals surface area contributed by atoms with E-state index in [1.54, 1.807) is 18.2 Å². The van der Waals surface area contributed by atoms with Crippen LogP contribution in [0, 0.1) is 11.8 Å². The molecule has 134 valence electrons. The van der Waals surface area contributed by atoms with Crippen molar-refractivity contribution in [1.82, 2.24) is 5.32 Å². The van der Waals surface area contributed by atoms with Gasteiger partial charge in [-0.25, -0.2) is 0 Å². The average Bonchev–Trinajstić information content (AvgIpc) is 2.65. The zero-order chi connectivity index (χ0) is 18.8. The van der Waals surface area contributed by atoms with E-state index >= 15 is 0 Å². The topological polar surface area (TPSA) is 47.6 Å². The Hall–Kier alpha value is -2.90. The van der Waals surface area contributed by atoms with Crippen molar-refractivity contribution in [3.8, 4) is 23.3 Å². The standard InChI is InChI=1S/C21H20ClNO3/c1-3-8-16-9-4-5-10-19(16)26-14-7-6-13-23-21(24)18-15-17(22)11-12-20(18)25-2/h3-5,9-12,15H,1,8,13-14H2,2H3,(H,23,24). The monoisotopic (exact) mass is 369 g/mol. The van der Waals surface area contributed by atoms with E-state index in [2.05, 4.69) is 23.7 Å². The highest BCUT2D eigenvalue weighted by molar-refractivity contribution is 6.31. The summed E-state index contributed by atoms with van der Waals surface area (Å²) in [6.07, 6.45) is 2.56. The minimum Gasteiger partial charge on any atom is -0.496 e. The van der Waals surface area contributed by atoms with Gasteiger partial charge in [-0.05, 0) is 36.2 Å². The van der Waals surface area contributed by atoms with Crippen LogP contribution in [0.25, 0.3) is 0 Å². The highest BCUT2D eigenvalue weighted by Gasteiger charge is 2.11. The molecule has 0 atom stereocenters. The Morgan fingerprint density at radius 1 is 1.23 bits per heavy atom. The normalized spacial score (nSPS) is 9.62. The van der Waals surface area contributed by atoms with Gasteiger partial charge in [0.15, 0.2) is 0 Å². The molecule has 0 unspecified atom stereocenters. The van der Waals surface area contributed by atoms with Crippen LogP contribution in [-0.4, -0.2) is 26.2 Å². The lowest BCUT2D eigenvalue weighted by molar-refractivity contribution is 0.0955. The molecule has 0 aromatic heterocycles. The Kier molecular flexibility index (Phi) is 7.60. The summed E-state index contributed by atoms with van der Waals surface area (Å²) in [6.45, 7) is 4.18. The molecule has 0 saturated carbocycles. The van der Waals surface area contributed by atoms with Crippen LogP contribution >= 0.6 is 11.6 Å². The predicted octanol–water partition coefficient (Wildman–Crippen LogP) is 3.89. The number of benzene rings is 2. The molecule has 0 radical (unpaired) electrons. The molecule has 1 amide bonds. The fraction of sp³-hybridized carbons (Fsp3) is 0.190. The number of methoxy groups -OCH3 is 1. The molecule has 0 aliphatic heterocycles. The van der Waals surface area contributed by atoms with Gasteiger partial charge < -0.3 is 14.8 Å². The lowest BCUT2D eigenvalue weighted by atomic mass is 10.1. The predicted molar refractivity (Wildman–Crippen MR) is 104 cm³/mol. The summed E-state index contributed by atoms with van der Waals surface area (Å²) in [6, 6.07) is 12.6. The summed E-state index contributed by atoms with van der Waals surface area (Å²) < 4.78 is 10.8. The molecule has 0 bridgehead atoms. The van der Waals surface area contributed by atoms with Gasteiger partial charge in [-0.15, -0.1) is 6.58 Å². The van der Waals surface area contributed by atoms with E-state index in [0.29, 0.717) is 16.3 Å². The molecule has 5 heteroatoms. The van der Waals surface area contributed by atoms with Crippen molar-refractivity contribution in [3.05, 3.63) is 71.3 Å². The van der Waals surface area contributed by atoms with E-state index < -0.39 is 0 Å². The molecule has 2 aromatic rings. The van der Waals surface area contributed by atoms with Gasteiger partial charge >= 0.3 is 0 Å². The number of carbonyl (C=O) groups excluding carboxylic acids is 1. The van der Waals surface area contributed by atoms with Gasteiger partial charge in [0.1, 0.15) is 18.1 Å². The maximum absolute atomic E-state index is 12.2. The number of rotatable bonds is 7. The van der Waals surface area contributed by atoms with Crippen molar-refractivity contribution in [2.45, 2.75) is 6.42 Å². The minimum atomic E-state index is -0.295. The molecule has 0 heterocycles. The van der Waals surface area contributed by atoms with E-state index in [0.717, 1.165) is 17.7 Å². The molecule has 0 saturated heterocycles. The summed E-state index contributed by atoms with van der Waals surface area (Å²) in [5.41, 5.74) is 1.43. The molecule has 2 aromatic carbocycles. The highest BCUT2D eigenvalue weighted by atomic mass is 35.5. The van der Waals surface area contributed by atoms with E-state index in [9.17, 15) is 4.79 Å². The van der Waals surface area contributed by atoms with Gasteiger partial charge in [-0.3, -0.25) is 4.79 Å². The first kappa shape index (κ1) is 19.4. The van der Waals surface area contributed by atoms with Crippen LogP contribution in [0.4, 0.5) is 0 Å². The fourth-order valence-corrected chi connectivity index (χ4v) is 2.45. The number of amides is 1. The van der Waals surface area contributed by atoms with E-state index in [1.807, 2.05) is 30.3 Å². The van der Waals surface area contributed by atoms with Gasteiger partial charge in [0.05, 0.1) is 19.2 Å². The van der Waals surface area contributed by atoms with Crippen LogP contribution in [0.5, 0.6) is 11.5 Å². The molecule has 2 rings (SSSR count). The van der Waals surface area contributed by atoms with Gasteiger partial charge in [0, 0.05) is 5.02 Å². The SMILES string of the molecule is C=CCc1ccccc1OCC#CCNC(=O)c1cc(Cl)ccc1OC. The fourth-order valence-electron chi connectivity index (χ4n) is 2.27. The largest absolute Gasteiger partial charge is 0.496 e. The summed E-state index contributed by atoms with van der Waals surface area (Å²) >= 11 is 5.93. The molecule has 4 nitrogen and oxygen atoms in total. The summed E-state index contributed by atoms with van der Waals surface area (Å²) in [5, 5.41) is 3.18.